The van der Waals surface area contributed by atoms with E-state index in [9.17, 15) is 14.3 Å². The Hall–Kier alpha value is -2.78. The average molecular weight is 400 g/mol. The number of nitrogens with zero attached hydrogens (tertiary/aromatic N) is 4. The van der Waals surface area contributed by atoms with Crippen molar-refractivity contribution < 1.29 is 14.3 Å². The van der Waals surface area contributed by atoms with Crippen LogP contribution in [0, 0.1) is 11.2 Å². The van der Waals surface area contributed by atoms with E-state index < -0.39 is 11.5 Å². The Morgan fingerprint density at radius 3 is 2.76 bits per heavy atom. The lowest BCUT2D eigenvalue weighted by Crippen LogP contribution is -2.66. The zero-order valence-electron chi connectivity index (χ0n) is 16.3. The van der Waals surface area contributed by atoms with E-state index in [2.05, 4.69) is 15.3 Å². The molecule has 4 N–H and O–H groups in total. The molecule has 29 heavy (non-hydrogen) atoms. The number of likely N-dealkylation sites (tertiary alicyclic amines) is 1. The molecule has 0 bridgehead atoms. The lowest BCUT2D eigenvalue weighted by atomic mass is 9.73. The molecule has 9 heteroatoms. The summed E-state index contributed by atoms with van der Waals surface area (Å²) in [5, 5.41) is 13.2. The van der Waals surface area contributed by atoms with E-state index in [0.29, 0.717) is 43.5 Å². The van der Waals surface area contributed by atoms with Crippen LogP contribution in [0.2, 0.25) is 0 Å². The zero-order valence-corrected chi connectivity index (χ0v) is 16.3. The van der Waals surface area contributed by atoms with Crippen molar-refractivity contribution in [3.8, 4) is 0 Å². The van der Waals surface area contributed by atoms with Gasteiger partial charge in [0.1, 0.15) is 11.6 Å². The molecule has 2 saturated heterocycles. The molecule has 1 aromatic carbocycles. The Kier molecular flexibility index (Phi) is 5.10. The number of aliphatic hydroxyl groups is 1. The van der Waals surface area contributed by atoms with Gasteiger partial charge in [-0.2, -0.15) is 4.98 Å². The first-order chi connectivity index (χ1) is 13.9. The number of nitrogens with two attached hydrogens (primary N) is 1. The molecule has 1 amide bonds. The maximum Gasteiger partial charge on any atom is 0.230 e. The maximum absolute atomic E-state index is 14.3. The summed E-state index contributed by atoms with van der Waals surface area (Å²) in [6, 6.07) is 7.74. The highest BCUT2D eigenvalue weighted by Crippen LogP contribution is 2.37. The minimum absolute atomic E-state index is 0.194. The number of carbonyl (C=O) groups is 1. The van der Waals surface area contributed by atoms with Crippen molar-refractivity contribution in [2.75, 3.05) is 43.9 Å². The van der Waals surface area contributed by atoms with E-state index in [1.165, 1.54) is 6.07 Å². The molecule has 2 fully saturated rings. The monoisotopic (exact) mass is 400 g/mol. The first-order valence-corrected chi connectivity index (χ1v) is 9.61. The third kappa shape index (κ3) is 3.88. The fourth-order valence-corrected chi connectivity index (χ4v) is 4.12. The van der Waals surface area contributed by atoms with Gasteiger partial charge in [-0.15, -0.1) is 0 Å². The average Bonchev–Trinajstić information content (AvgIpc) is 2.96. The van der Waals surface area contributed by atoms with Gasteiger partial charge in [0.05, 0.1) is 17.6 Å². The summed E-state index contributed by atoms with van der Waals surface area (Å²) < 4.78 is 14.3. The van der Waals surface area contributed by atoms with Crippen LogP contribution in [0.1, 0.15) is 5.56 Å². The Bertz CT molecular complexity index is 904. The molecule has 0 spiro atoms. The molecule has 2 aliphatic heterocycles. The first-order valence-electron chi connectivity index (χ1n) is 9.61. The molecule has 2 aromatic rings. The van der Waals surface area contributed by atoms with Crippen molar-refractivity contribution in [2.24, 2.45) is 5.41 Å². The van der Waals surface area contributed by atoms with E-state index in [4.69, 9.17) is 5.73 Å². The number of hydrogen-bond donors (Lipinski definition) is 3. The number of nitrogen functional groups attached to an aromatic ring is 1. The summed E-state index contributed by atoms with van der Waals surface area (Å²) in [6.07, 6.45) is 1.20. The molecule has 154 valence electrons. The van der Waals surface area contributed by atoms with Gasteiger partial charge in [0, 0.05) is 32.4 Å². The highest BCUT2D eigenvalue weighted by molar-refractivity contribution is 5.86. The Balaban J connectivity index is 1.55. The Labute approximate surface area is 168 Å². The number of halogens is 1. The summed E-state index contributed by atoms with van der Waals surface area (Å²) in [6.45, 7) is 1.77. The third-order valence-corrected chi connectivity index (χ3v) is 5.69. The minimum atomic E-state index is -0.836. The number of amides is 1. The number of hydrogen-bond acceptors (Lipinski definition) is 7. The van der Waals surface area contributed by atoms with Gasteiger partial charge in [-0.1, -0.05) is 18.2 Å². The summed E-state index contributed by atoms with van der Waals surface area (Å²) in [7, 11) is 1.90. The summed E-state index contributed by atoms with van der Waals surface area (Å²) in [4.78, 5) is 25.5. The number of β-amino-alcohol motifs (C(OH)–C–C–N with tert-alkyl or cyclic N) is 1. The normalized spacial score (nSPS) is 23.6. The van der Waals surface area contributed by atoms with Crippen LogP contribution < -0.4 is 16.0 Å². The van der Waals surface area contributed by atoms with E-state index in [0.717, 1.165) is 0 Å². The van der Waals surface area contributed by atoms with Crippen LogP contribution in [0.25, 0.3) is 0 Å². The lowest BCUT2D eigenvalue weighted by molar-refractivity contribution is -0.134. The second kappa shape index (κ2) is 7.57. The SMILES string of the molecule is CN1C[C@@H](O)[C@H](NC(=O)C2(Cc3ccccc3F)CN(c3nccc(N)n3)C2)C1. The fraction of sp³-hybridized carbons (Fsp3) is 0.450. The quantitative estimate of drug-likeness (QED) is 0.650. The predicted molar refractivity (Wildman–Crippen MR) is 107 cm³/mol. The van der Waals surface area contributed by atoms with Gasteiger partial charge in [-0.05, 0) is 31.2 Å². The van der Waals surface area contributed by atoms with E-state index in [1.807, 2.05) is 16.8 Å². The zero-order chi connectivity index (χ0) is 20.6. The minimum Gasteiger partial charge on any atom is -0.390 e. The number of aliphatic hydroxyl groups excluding tert-OH is 1. The lowest BCUT2D eigenvalue weighted by Gasteiger charge is -2.49. The number of likely N-dealkylation sites (N-methyl/N-ethyl adjacent to an activating group) is 1. The number of nitrogens with one attached hydrogen (secondary N) is 1. The third-order valence-electron chi connectivity index (χ3n) is 5.69. The number of benzene rings is 1. The van der Waals surface area contributed by atoms with Crippen LogP contribution in [0.3, 0.4) is 0 Å². The van der Waals surface area contributed by atoms with Crippen molar-refractivity contribution in [3.63, 3.8) is 0 Å². The Morgan fingerprint density at radius 1 is 1.34 bits per heavy atom. The van der Waals surface area contributed by atoms with Gasteiger partial charge < -0.3 is 26.0 Å². The van der Waals surface area contributed by atoms with Gasteiger partial charge in [0.15, 0.2) is 0 Å². The highest BCUT2D eigenvalue weighted by Gasteiger charge is 2.51. The highest BCUT2D eigenvalue weighted by atomic mass is 19.1. The first kappa shape index (κ1) is 19.5. The largest absolute Gasteiger partial charge is 0.390 e. The van der Waals surface area contributed by atoms with Gasteiger partial charge in [0.25, 0.3) is 0 Å². The molecule has 1 aromatic heterocycles. The van der Waals surface area contributed by atoms with Crippen molar-refractivity contribution in [3.05, 3.63) is 47.9 Å². The van der Waals surface area contributed by atoms with Crippen molar-refractivity contribution in [2.45, 2.75) is 18.6 Å². The van der Waals surface area contributed by atoms with Crippen molar-refractivity contribution in [1.29, 1.82) is 0 Å². The second-order valence-electron chi connectivity index (χ2n) is 8.05. The molecular formula is C20H25FN6O2. The summed E-state index contributed by atoms with van der Waals surface area (Å²) >= 11 is 0. The Morgan fingerprint density at radius 2 is 2.10 bits per heavy atom. The van der Waals surface area contributed by atoms with Crippen LogP contribution in [0.15, 0.2) is 36.5 Å². The molecule has 0 unspecified atom stereocenters. The summed E-state index contributed by atoms with van der Waals surface area (Å²) in [5.41, 5.74) is 5.39. The van der Waals surface area contributed by atoms with Crippen LogP contribution in [-0.2, 0) is 11.2 Å². The van der Waals surface area contributed by atoms with Crippen LogP contribution in [0.5, 0.6) is 0 Å². The molecule has 2 atom stereocenters. The molecule has 3 heterocycles. The number of carbonyl (C=O) groups excluding carboxylic acids is 1. The van der Waals surface area contributed by atoms with Crippen molar-refractivity contribution >= 4 is 17.7 Å². The molecule has 2 aliphatic rings. The smallest absolute Gasteiger partial charge is 0.230 e. The van der Waals surface area contributed by atoms with E-state index >= 15 is 0 Å². The number of rotatable bonds is 5. The molecule has 8 nitrogen and oxygen atoms in total. The second-order valence-corrected chi connectivity index (χ2v) is 8.05. The van der Waals surface area contributed by atoms with Crippen molar-refractivity contribution in [1.82, 2.24) is 20.2 Å². The maximum atomic E-state index is 14.3. The van der Waals surface area contributed by atoms with E-state index in [1.54, 1.807) is 30.5 Å². The number of aromatic nitrogens is 2. The molecule has 4 rings (SSSR count). The van der Waals surface area contributed by atoms with Gasteiger partial charge >= 0.3 is 0 Å². The molecule has 0 saturated carbocycles. The fourth-order valence-electron chi connectivity index (χ4n) is 4.12. The van der Waals surface area contributed by atoms with Gasteiger partial charge in [0.2, 0.25) is 11.9 Å². The van der Waals surface area contributed by atoms with E-state index in [-0.39, 0.29) is 24.2 Å². The number of anilines is 2. The van der Waals surface area contributed by atoms with Crippen LogP contribution in [-0.4, -0.2) is 71.3 Å². The summed E-state index contributed by atoms with van der Waals surface area (Å²) in [5.74, 6) is 0.269. The molecule has 0 radical (unpaired) electrons. The molecule has 0 aliphatic carbocycles. The topological polar surface area (TPSA) is 108 Å². The van der Waals surface area contributed by atoms with Crippen LogP contribution in [0.4, 0.5) is 16.2 Å². The van der Waals surface area contributed by atoms with Crippen LogP contribution >= 0.6 is 0 Å². The van der Waals surface area contributed by atoms with Gasteiger partial charge in [-0.3, -0.25) is 4.79 Å². The standard InChI is InChI=1S/C20H25FN6O2/c1-26-9-15(16(28)10-26)24-18(29)20(8-13-4-2-3-5-14(13)21)11-27(12-20)19-23-7-6-17(22)25-19/h2-7,15-16,28H,8-12H2,1H3,(H,24,29)(H2,22,23,25)/t15-,16-/m1/s1. The predicted octanol–water partition coefficient (Wildman–Crippen LogP) is 0.0381. The van der Waals surface area contributed by atoms with Gasteiger partial charge in [-0.25, -0.2) is 9.37 Å². The molecular weight excluding hydrogens is 375 g/mol.